The van der Waals surface area contributed by atoms with E-state index in [1.54, 1.807) is 20.1 Å². The molecule has 1 unspecified atom stereocenters. The summed E-state index contributed by atoms with van der Waals surface area (Å²) >= 11 is 0. The van der Waals surface area contributed by atoms with Crippen molar-refractivity contribution in [3.63, 3.8) is 0 Å². The van der Waals surface area contributed by atoms with Gasteiger partial charge in [0.05, 0.1) is 12.6 Å². The van der Waals surface area contributed by atoms with Crippen LogP contribution in [0.15, 0.2) is 16.9 Å². The Balaban J connectivity index is 3.22. The Morgan fingerprint density at radius 3 is 2.69 bits per heavy atom. The Morgan fingerprint density at radius 1 is 1.56 bits per heavy atom. The lowest BCUT2D eigenvalue weighted by Crippen LogP contribution is -2.31. The standard InChI is InChI=1S/C11H15NO4/c1-7-4-5-9(11(14)15)10(13)12(7)6-8(2)16-3/h4-5,8H,6H2,1-3H3,(H,14,15). The van der Waals surface area contributed by atoms with Crippen LogP contribution < -0.4 is 5.56 Å². The molecule has 88 valence electrons. The molecule has 5 heteroatoms. The van der Waals surface area contributed by atoms with Gasteiger partial charge in [-0.2, -0.15) is 0 Å². The molecule has 1 N–H and O–H groups in total. The van der Waals surface area contributed by atoms with Gasteiger partial charge in [0.1, 0.15) is 5.56 Å². The molecule has 1 aromatic heterocycles. The fourth-order valence-electron chi connectivity index (χ4n) is 1.39. The molecule has 0 saturated heterocycles. The maximum Gasteiger partial charge on any atom is 0.341 e. The first-order chi connectivity index (χ1) is 7.47. The molecule has 0 aliphatic rings. The number of pyridine rings is 1. The van der Waals surface area contributed by atoms with Crippen molar-refractivity contribution < 1.29 is 14.6 Å². The van der Waals surface area contributed by atoms with E-state index in [4.69, 9.17) is 9.84 Å². The quantitative estimate of drug-likeness (QED) is 0.826. The predicted octanol–water partition coefficient (Wildman–Crippen LogP) is 0.890. The van der Waals surface area contributed by atoms with E-state index in [0.717, 1.165) is 5.69 Å². The Kier molecular flexibility index (Phi) is 3.84. The zero-order valence-electron chi connectivity index (χ0n) is 9.56. The van der Waals surface area contributed by atoms with E-state index in [1.807, 2.05) is 6.92 Å². The van der Waals surface area contributed by atoms with Crippen molar-refractivity contribution in [3.8, 4) is 0 Å². The summed E-state index contributed by atoms with van der Waals surface area (Å²) in [7, 11) is 1.55. The molecule has 0 aliphatic carbocycles. The maximum atomic E-state index is 11.8. The molecular weight excluding hydrogens is 210 g/mol. The van der Waals surface area contributed by atoms with Gasteiger partial charge in [0.25, 0.3) is 5.56 Å². The van der Waals surface area contributed by atoms with Gasteiger partial charge in [0, 0.05) is 12.8 Å². The third kappa shape index (κ3) is 2.49. The van der Waals surface area contributed by atoms with Gasteiger partial charge in [-0.25, -0.2) is 4.79 Å². The van der Waals surface area contributed by atoms with Gasteiger partial charge in [0.15, 0.2) is 0 Å². The summed E-state index contributed by atoms with van der Waals surface area (Å²) in [6.45, 7) is 3.93. The lowest BCUT2D eigenvalue weighted by atomic mass is 10.2. The van der Waals surface area contributed by atoms with Crippen LogP contribution in [0, 0.1) is 6.92 Å². The van der Waals surface area contributed by atoms with Crippen molar-refractivity contribution in [3.05, 3.63) is 33.7 Å². The Labute approximate surface area is 93.3 Å². The zero-order valence-corrected chi connectivity index (χ0v) is 9.56. The molecule has 0 fully saturated rings. The molecule has 16 heavy (non-hydrogen) atoms. The van der Waals surface area contributed by atoms with Crippen molar-refractivity contribution in [1.82, 2.24) is 4.57 Å². The van der Waals surface area contributed by atoms with Gasteiger partial charge in [-0.3, -0.25) is 4.79 Å². The van der Waals surface area contributed by atoms with Crippen LogP contribution in [0.4, 0.5) is 0 Å². The highest BCUT2D eigenvalue weighted by atomic mass is 16.5. The molecule has 0 saturated carbocycles. The summed E-state index contributed by atoms with van der Waals surface area (Å²) in [6, 6.07) is 2.95. The lowest BCUT2D eigenvalue weighted by Gasteiger charge is -2.14. The molecule has 0 radical (unpaired) electrons. The van der Waals surface area contributed by atoms with Crippen LogP contribution >= 0.6 is 0 Å². The molecule has 0 bridgehead atoms. The van der Waals surface area contributed by atoms with Crippen molar-refractivity contribution in [1.29, 1.82) is 0 Å². The van der Waals surface area contributed by atoms with Gasteiger partial charge in [-0.05, 0) is 26.0 Å². The minimum Gasteiger partial charge on any atom is -0.477 e. The number of hydrogen-bond acceptors (Lipinski definition) is 3. The summed E-state index contributed by atoms with van der Waals surface area (Å²) in [6.07, 6.45) is -0.138. The smallest absolute Gasteiger partial charge is 0.341 e. The second kappa shape index (κ2) is 4.94. The summed E-state index contributed by atoms with van der Waals surface area (Å²) in [5.41, 5.74) is 0.0178. The van der Waals surface area contributed by atoms with E-state index in [2.05, 4.69) is 0 Å². The summed E-state index contributed by atoms with van der Waals surface area (Å²) in [4.78, 5) is 22.6. The molecule has 0 aliphatic heterocycles. The molecular formula is C11H15NO4. The highest BCUT2D eigenvalue weighted by molar-refractivity contribution is 5.87. The van der Waals surface area contributed by atoms with E-state index in [9.17, 15) is 9.59 Å². The molecule has 0 aromatic carbocycles. The van der Waals surface area contributed by atoms with Gasteiger partial charge in [0.2, 0.25) is 0 Å². The number of aryl methyl sites for hydroxylation is 1. The maximum absolute atomic E-state index is 11.8. The van der Waals surface area contributed by atoms with Crippen molar-refractivity contribution in [2.45, 2.75) is 26.5 Å². The topological polar surface area (TPSA) is 68.5 Å². The van der Waals surface area contributed by atoms with Gasteiger partial charge in [-0.1, -0.05) is 0 Å². The number of hydrogen-bond donors (Lipinski definition) is 1. The Hall–Kier alpha value is -1.62. The number of rotatable bonds is 4. The molecule has 1 atom stereocenters. The third-order valence-electron chi connectivity index (χ3n) is 2.46. The molecule has 1 heterocycles. The number of aromatic carboxylic acids is 1. The molecule has 1 rings (SSSR count). The third-order valence-corrected chi connectivity index (χ3v) is 2.46. The van der Waals surface area contributed by atoms with Crippen LogP contribution in [-0.2, 0) is 11.3 Å². The van der Waals surface area contributed by atoms with Gasteiger partial charge in [-0.15, -0.1) is 0 Å². The first kappa shape index (κ1) is 12.4. The van der Waals surface area contributed by atoms with Crippen molar-refractivity contribution >= 4 is 5.97 Å². The van der Waals surface area contributed by atoms with Gasteiger partial charge < -0.3 is 14.4 Å². The number of carboxylic acids is 1. The van der Waals surface area contributed by atoms with Crippen LogP contribution in [-0.4, -0.2) is 28.9 Å². The highest BCUT2D eigenvalue weighted by Crippen LogP contribution is 2.01. The predicted molar refractivity (Wildman–Crippen MR) is 58.9 cm³/mol. The van der Waals surface area contributed by atoms with E-state index in [-0.39, 0.29) is 11.7 Å². The zero-order chi connectivity index (χ0) is 12.3. The number of carbonyl (C=O) groups is 1. The van der Waals surface area contributed by atoms with Crippen LogP contribution in [0.3, 0.4) is 0 Å². The first-order valence-corrected chi connectivity index (χ1v) is 4.94. The number of nitrogens with zero attached hydrogens (tertiary/aromatic N) is 1. The minimum atomic E-state index is -1.20. The molecule has 0 amide bonds. The second-order valence-electron chi connectivity index (χ2n) is 3.66. The van der Waals surface area contributed by atoms with Crippen molar-refractivity contribution in [2.75, 3.05) is 7.11 Å². The Bertz CT molecular complexity index is 450. The Morgan fingerprint density at radius 2 is 2.19 bits per heavy atom. The van der Waals surface area contributed by atoms with Crippen LogP contribution in [0.25, 0.3) is 0 Å². The normalized spacial score (nSPS) is 12.4. The monoisotopic (exact) mass is 225 g/mol. The van der Waals surface area contributed by atoms with E-state index >= 15 is 0 Å². The SMILES string of the molecule is COC(C)Cn1c(C)ccc(C(=O)O)c1=O. The summed E-state index contributed by atoms with van der Waals surface area (Å²) in [5.74, 6) is -1.20. The number of carboxylic acid groups (broad SMARTS) is 1. The van der Waals surface area contributed by atoms with Crippen molar-refractivity contribution in [2.24, 2.45) is 0 Å². The number of methoxy groups -OCH3 is 1. The first-order valence-electron chi connectivity index (χ1n) is 4.94. The summed E-state index contributed by atoms with van der Waals surface area (Å²) < 4.78 is 6.47. The average molecular weight is 225 g/mol. The lowest BCUT2D eigenvalue weighted by molar-refractivity contribution is 0.0691. The van der Waals surface area contributed by atoms with E-state index < -0.39 is 11.5 Å². The highest BCUT2D eigenvalue weighted by Gasteiger charge is 2.13. The molecule has 1 aromatic rings. The van der Waals surface area contributed by atoms with E-state index in [0.29, 0.717) is 6.54 Å². The van der Waals surface area contributed by atoms with Crippen LogP contribution in [0.2, 0.25) is 0 Å². The fourth-order valence-corrected chi connectivity index (χ4v) is 1.39. The number of ether oxygens (including phenoxy) is 1. The fraction of sp³-hybridized carbons (Fsp3) is 0.455. The molecule has 0 spiro atoms. The van der Waals surface area contributed by atoms with Crippen LogP contribution in [0.1, 0.15) is 23.0 Å². The molecule has 5 nitrogen and oxygen atoms in total. The van der Waals surface area contributed by atoms with Gasteiger partial charge >= 0.3 is 5.97 Å². The minimum absolute atomic E-state index is 0.138. The number of aromatic nitrogens is 1. The largest absolute Gasteiger partial charge is 0.477 e. The average Bonchev–Trinajstić information content (AvgIpc) is 2.23. The van der Waals surface area contributed by atoms with Crippen LogP contribution in [0.5, 0.6) is 0 Å². The summed E-state index contributed by atoms with van der Waals surface area (Å²) in [5, 5.41) is 8.83. The van der Waals surface area contributed by atoms with E-state index in [1.165, 1.54) is 10.6 Å². The second-order valence-corrected chi connectivity index (χ2v) is 3.66.